The number of rotatable bonds is 5. The van der Waals surface area contributed by atoms with Crippen LogP contribution >= 0.6 is 11.3 Å². The molecule has 0 aliphatic heterocycles. The zero-order valence-corrected chi connectivity index (χ0v) is 13.3. The summed E-state index contributed by atoms with van der Waals surface area (Å²) < 4.78 is 1.95. The first-order chi connectivity index (χ1) is 9.54. The zero-order valence-electron chi connectivity index (χ0n) is 12.5. The number of nitrogens with zero attached hydrogens (tertiary/aromatic N) is 2. The molecule has 0 spiro atoms. The molecule has 0 radical (unpaired) electrons. The van der Waals surface area contributed by atoms with Gasteiger partial charge >= 0.3 is 0 Å². The minimum absolute atomic E-state index is 0.361. The topological polar surface area (TPSA) is 40.8 Å². The molecular weight excluding hydrogens is 266 g/mol. The molecule has 0 aliphatic rings. The van der Waals surface area contributed by atoms with E-state index in [1.165, 1.54) is 10.4 Å². The van der Waals surface area contributed by atoms with Crippen LogP contribution in [0.15, 0.2) is 23.6 Å². The van der Waals surface area contributed by atoms with Gasteiger partial charge in [0, 0.05) is 30.2 Å². The van der Waals surface area contributed by atoms with Crippen LogP contribution in [0.5, 0.6) is 0 Å². The van der Waals surface area contributed by atoms with Gasteiger partial charge < -0.3 is 9.88 Å². The molecule has 0 aromatic carbocycles. The Hall–Kier alpha value is -1.57. The van der Waals surface area contributed by atoms with Crippen LogP contribution in [0.4, 0.5) is 0 Å². The second kappa shape index (κ2) is 6.25. The average Bonchev–Trinajstić information content (AvgIpc) is 3.02. The Kier molecular flexibility index (Phi) is 4.64. The maximum atomic E-state index is 9.08. The van der Waals surface area contributed by atoms with E-state index in [9.17, 15) is 0 Å². The van der Waals surface area contributed by atoms with Crippen LogP contribution in [0, 0.1) is 24.2 Å². The van der Waals surface area contributed by atoms with E-state index in [2.05, 4.69) is 49.7 Å². The zero-order chi connectivity index (χ0) is 14.7. The fourth-order valence-corrected chi connectivity index (χ4v) is 3.38. The molecular formula is C16H21N3S. The quantitative estimate of drug-likeness (QED) is 0.909. The van der Waals surface area contributed by atoms with E-state index in [1.54, 1.807) is 11.3 Å². The van der Waals surface area contributed by atoms with Crippen LogP contribution in [-0.4, -0.2) is 4.57 Å². The largest absolute Gasteiger partial charge is 0.340 e. The SMILES string of the molecule is Cc1c(CNC(c2cccs2)C(C)C)cc(C#N)n1C. The summed E-state index contributed by atoms with van der Waals surface area (Å²) in [5, 5.41) is 14.8. The van der Waals surface area contributed by atoms with Gasteiger partial charge in [-0.05, 0) is 35.9 Å². The molecule has 2 aromatic heterocycles. The fourth-order valence-electron chi connectivity index (χ4n) is 2.40. The van der Waals surface area contributed by atoms with Crippen LogP contribution in [0.2, 0.25) is 0 Å². The normalized spacial score (nSPS) is 12.6. The molecule has 2 aromatic rings. The van der Waals surface area contributed by atoms with Gasteiger partial charge in [-0.25, -0.2) is 0 Å². The number of hydrogen-bond acceptors (Lipinski definition) is 3. The van der Waals surface area contributed by atoms with Gasteiger partial charge in [0.15, 0.2) is 0 Å². The van der Waals surface area contributed by atoms with E-state index < -0.39 is 0 Å². The van der Waals surface area contributed by atoms with E-state index in [4.69, 9.17) is 5.26 Å². The smallest absolute Gasteiger partial charge is 0.120 e. The van der Waals surface area contributed by atoms with Crippen LogP contribution in [-0.2, 0) is 13.6 Å². The summed E-state index contributed by atoms with van der Waals surface area (Å²) in [6.45, 7) is 7.32. The molecule has 0 fully saturated rings. The third kappa shape index (κ3) is 2.95. The molecule has 4 heteroatoms. The van der Waals surface area contributed by atoms with Crippen molar-refractivity contribution in [2.24, 2.45) is 13.0 Å². The summed E-state index contributed by atoms with van der Waals surface area (Å²) in [6, 6.07) is 8.85. The molecule has 0 saturated carbocycles. The van der Waals surface area contributed by atoms with Crippen molar-refractivity contribution >= 4 is 11.3 Å². The molecule has 0 aliphatic carbocycles. The predicted molar refractivity (Wildman–Crippen MR) is 83.6 cm³/mol. The molecule has 0 saturated heterocycles. The number of aromatic nitrogens is 1. The van der Waals surface area contributed by atoms with Crippen LogP contribution < -0.4 is 5.32 Å². The highest BCUT2D eigenvalue weighted by atomic mass is 32.1. The minimum Gasteiger partial charge on any atom is -0.340 e. The lowest BCUT2D eigenvalue weighted by Crippen LogP contribution is -2.24. The maximum absolute atomic E-state index is 9.08. The first-order valence-electron chi connectivity index (χ1n) is 6.86. The molecule has 2 heterocycles. The summed E-state index contributed by atoms with van der Waals surface area (Å²) in [6.07, 6.45) is 0. The van der Waals surface area contributed by atoms with E-state index in [0.717, 1.165) is 17.9 Å². The van der Waals surface area contributed by atoms with Gasteiger partial charge in [-0.1, -0.05) is 19.9 Å². The third-order valence-electron chi connectivity index (χ3n) is 3.78. The first-order valence-corrected chi connectivity index (χ1v) is 7.74. The van der Waals surface area contributed by atoms with Gasteiger partial charge in [0.2, 0.25) is 0 Å². The number of thiophene rings is 1. The van der Waals surface area contributed by atoms with Gasteiger partial charge in [-0.2, -0.15) is 5.26 Å². The summed E-state index contributed by atoms with van der Waals surface area (Å²) in [7, 11) is 1.94. The number of nitrogens with one attached hydrogen (secondary N) is 1. The standard InChI is InChI=1S/C16H21N3S/c1-11(2)16(15-6-5-7-20-15)18-10-13-8-14(9-17)19(4)12(13)3/h5-8,11,16,18H,10H2,1-4H3. The number of hydrogen-bond donors (Lipinski definition) is 1. The van der Waals surface area contributed by atoms with Crippen molar-refractivity contribution < 1.29 is 0 Å². The van der Waals surface area contributed by atoms with E-state index >= 15 is 0 Å². The van der Waals surface area contributed by atoms with Gasteiger partial charge in [0.05, 0.1) is 0 Å². The van der Waals surface area contributed by atoms with Crippen molar-refractivity contribution in [2.75, 3.05) is 0 Å². The average molecular weight is 287 g/mol. The minimum atomic E-state index is 0.361. The van der Waals surface area contributed by atoms with Crippen molar-refractivity contribution in [1.29, 1.82) is 5.26 Å². The summed E-state index contributed by atoms with van der Waals surface area (Å²) in [5.74, 6) is 0.535. The molecule has 20 heavy (non-hydrogen) atoms. The molecule has 2 rings (SSSR count). The first kappa shape index (κ1) is 14.8. The van der Waals surface area contributed by atoms with Gasteiger partial charge in [-0.15, -0.1) is 11.3 Å². The lowest BCUT2D eigenvalue weighted by molar-refractivity contribution is 0.416. The molecule has 106 valence electrons. The van der Waals surface area contributed by atoms with Gasteiger partial charge in [0.1, 0.15) is 11.8 Å². The predicted octanol–water partition coefficient (Wildman–Crippen LogP) is 3.75. The summed E-state index contributed by atoms with van der Waals surface area (Å²) in [4.78, 5) is 1.37. The highest BCUT2D eigenvalue weighted by Crippen LogP contribution is 2.26. The second-order valence-electron chi connectivity index (χ2n) is 5.43. The van der Waals surface area contributed by atoms with E-state index in [-0.39, 0.29) is 0 Å². The fraction of sp³-hybridized carbons (Fsp3) is 0.438. The Morgan fingerprint density at radius 3 is 2.70 bits per heavy atom. The second-order valence-corrected chi connectivity index (χ2v) is 6.41. The highest BCUT2D eigenvalue weighted by Gasteiger charge is 2.17. The number of nitriles is 1. The van der Waals surface area contributed by atoms with Crippen molar-refractivity contribution in [2.45, 2.75) is 33.4 Å². The Morgan fingerprint density at radius 1 is 1.45 bits per heavy atom. The molecule has 1 unspecified atom stereocenters. The van der Waals surface area contributed by atoms with Crippen molar-refractivity contribution in [1.82, 2.24) is 9.88 Å². The van der Waals surface area contributed by atoms with Crippen LogP contribution in [0.25, 0.3) is 0 Å². The summed E-state index contributed by atoms with van der Waals surface area (Å²) >= 11 is 1.79. The van der Waals surface area contributed by atoms with Crippen molar-refractivity contribution in [3.05, 3.63) is 45.4 Å². The molecule has 3 nitrogen and oxygen atoms in total. The van der Waals surface area contributed by atoms with Crippen molar-refractivity contribution in [3.63, 3.8) is 0 Å². The lowest BCUT2D eigenvalue weighted by atomic mass is 10.0. The van der Waals surface area contributed by atoms with Crippen LogP contribution in [0.1, 0.15) is 41.7 Å². The van der Waals surface area contributed by atoms with Crippen LogP contribution in [0.3, 0.4) is 0 Å². The van der Waals surface area contributed by atoms with E-state index in [1.807, 2.05) is 17.7 Å². The molecule has 0 amide bonds. The Labute approximate surface area is 124 Å². The van der Waals surface area contributed by atoms with Crippen molar-refractivity contribution in [3.8, 4) is 6.07 Å². The molecule has 0 bridgehead atoms. The Morgan fingerprint density at radius 2 is 2.20 bits per heavy atom. The Balaban J connectivity index is 2.13. The lowest BCUT2D eigenvalue weighted by Gasteiger charge is -2.21. The highest BCUT2D eigenvalue weighted by molar-refractivity contribution is 7.10. The summed E-state index contributed by atoms with van der Waals surface area (Å²) in [5.41, 5.74) is 3.07. The third-order valence-corrected chi connectivity index (χ3v) is 4.74. The molecule has 1 atom stereocenters. The van der Waals surface area contributed by atoms with E-state index in [0.29, 0.717) is 12.0 Å². The van der Waals surface area contributed by atoms with Gasteiger partial charge in [0.25, 0.3) is 0 Å². The monoisotopic (exact) mass is 287 g/mol. The maximum Gasteiger partial charge on any atom is 0.120 e. The molecule has 1 N–H and O–H groups in total. The van der Waals surface area contributed by atoms with Gasteiger partial charge in [-0.3, -0.25) is 0 Å². The Bertz CT molecular complexity index is 602.